The molecule has 4 rings (SSSR count). The van der Waals surface area contributed by atoms with Gasteiger partial charge >= 0.3 is 6.61 Å². The molecule has 1 N–H and O–H groups in total. The summed E-state index contributed by atoms with van der Waals surface area (Å²) in [6, 6.07) is 11.6. The van der Waals surface area contributed by atoms with E-state index in [2.05, 4.69) is 15.0 Å². The van der Waals surface area contributed by atoms with E-state index in [1.165, 1.54) is 31.0 Å². The number of aryl methyl sites for hydroxylation is 1. The van der Waals surface area contributed by atoms with E-state index in [1.807, 2.05) is 6.92 Å². The number of rotatable bonds is 8. The van der Waals surface area contributed by atoms with E-state index < -0.39 is 41.0 Å². The third kappa shape index (κ3) is 5.10. The van der Waals surface area contributed by atoms with E-state index in [0.717, 1.165) is 28.9 Å². The average Bonchev–Trinajstić information content (AvgIpc) is 3.12. The number of pyridine rings is 1. The van der Waals surface area contributed by atoms with Crippen molar-refractivity contribution in [2.45, 2.75) is 20.0 Å². The lowest BCUT2D eigenvalue weighted by Crippen LogP contribution is -2.24. The second-order valence-electron chi connectivity index (χ2n) is 8.03. The van der Waals surface area contributed by atoms with E-state index in [4.69, 9.17) is 4.74 Å². The molecule has 0 saturated heterocycles. The SMILES string of the molecule is CCc1cccc(-n2c(=O)c(NC(=O)c3ccc(OC(F)F)cc3)c(-c3c(F)cc(OC)cc3F)n2C)n1. The van der Waals surface area contributed by atoms with Crippen LogP contribution in [0, 0.1) is 11.6 Å². The number of nitrogens with zero attached hydrogens (tertiary/aromatic N) is 3. The number of carbonyl (C=O) groups is 1. The van der Waals surface area contributed by atoms with Gasteiger partial charge in [0.05, 0.1) is 12.7 Å². The molecular weight excluding hydrogens is 508 g/mol. The number of benzene rings is 2. The molecule has 0 atom stereocenters. The van der Waals surface area contributed by atoms with Crippen LogP contribution in [0.25, 0.3) is 17.1 Å². The Bertz CT molecular complexity index is 1530. The topological polar surface area (TPSA) is 87.4 Å². The second-order valence-corrected chi connectivity index (χ2v) is 8.03. The second kappa shape index (κ2) is 10.8. The van der Waals surface area contributed by atoms with Crippen LogP contribution in [0.1, 0.15) is 23.0 Å². The van der Waals surface area contributed by atoms with Gasteiger partial charge in [-0.2, -0.15) is 13.5 Å². The van der Waals surface area contributed by atoms with Gasteiger partial charge in [0.15, 0.2) is 5.82 Å². The van der Waals surface area contributed by atoms with Crippen LogP contribution in [-0.4, -0.2) is 34.0 Å². The number of hydrogen-bond acceptors (Lipinski definition) is 5. The maximum Gasteiger partial charge on any atom is 0.387 e. The van der Waals surface area contributed by atoms with E-state index >= 15 is 8.78 Å². The Morgan fingerprint density at radius 1 is 1.05 bits per heavy atom. The van der Waals surface area contributed by atoms with Crippen molar-refractivity contribution in [3.05, 3.63) is 87.8 Å². The summed E-state index contributed by atoms with van der Waals surface area (Å²) in [4.78, 5) is 31.0. The molecular formula is C26H22F4N4O4. The zero-order valence-corrected chi connectivity index (χ0v) is 20.5. The summed E-state index contributed by atoms with van der Waals surface area (Å²) in [7, 11) is 2.64. The Morgan fingerprint density at radius 3 is 2.29 bits per heavy atom. The van der Waals surface area contributed by atoms with Gasteiger partial charge in [0.2, 0.25) is 0 Å². The van der Waals surface area contributed by atoms with E-state index in [-0.39, 0.29) is 28.6 Å². The number of methoxy groups -OCH3 is 1. The molecule has 0 saturated carbocycles. The minimum absolute atomic E-state index is 0.0193. The Morgan fingerprint density at radius 2 is 1.71 bits per heavy atom. The summed E-state index contributed by atoms with van der Waals surface area (Å²) in [5, 5.41) is 2.42. The summed E-state index contributed by atoms with van der Waals surface area (Å²) in [6.07, 6.45) is 0.566. The maximum atomic E-state index is 15.2. The minimum atomic E-state index is -3.05. The van der Waals surface area contributed by atoms with Crippen molar-refractivity contribution in [2.24, 2.45) is 7.05 Å². The molecule has 198 valence electrons. The Labute approximate surface area is 214 Å². The lowest BCUT2D eigenvalue weighted by molar-refractivity contribution is -0.0498. The van der Waals surface area contributed by atoms with Gasteiger partial charge in [0.1, 0.15) is 34.5 Å². The van der Waals surface area contributed by atoms with Crippen LogP contribution in [-0.2, 0) is 13.5 Å². The normalized spacial score (nSPS) is 11.1. The zero-order chi connectivity index (χ0) is 27.6. The van der Waals surface area contributed by atoms with Gasteiger partial charge in [0.25, 0.3) is 11.5 Å². The highest BCUT2D eigenvalue weighted by atomic mass is 19.3. The number of halogens is 4. The van der Waals surface area contributed by atoms with Gasteiger partial charge in [-0.3, -0.25) is 14.3 Å². The van der Waals surface area contributed by atoms with Crippen molar-refractivity contribution in [1.82, 2.24) is 14.3 Å². The predicted molar refractivity (Wildman–Crippen MR) is 131 cm³/mol. The molecule has 0 radical (unpaired) electrons. The largest absolute Gasteiger partial charge is 0.497 e. The number of alkyl halides is 2. The first-order valence-corrected chi connectivity index (χ1v) is 11.3. The van der Waals surface area contributed by atoms with Crippen LogP contribution in [0.3, 0.4) is 0 Å². The smallest absolute Gasteiger partial charge is 0.387 e. The summed E-state index contributed by atoms with van der Waals surface area (Å²) >= 11 is 0. The highest BCUT2D eigenvalue weighted by Gasteiger charge is 2.28. The summed E-state index contributed by atoms with van der Waals surface area (Å²) in [5.41, 5.74) is -1.42. The Kier molecular flexibility index (Phi) is 7.51. The number of anilines is 1. The lowest BCUT2D eigenvalue weighted by atomic mass is 10.1. The first-order valence-electron chi connectivity index (χ1n) is 11.3. The standard InChI is InChI=1S/C26H22F4N4O4/c1-4-15-6-5-7-20(31-15)34-25(36)22(32-24(35)14-8-10-16(11-9-14)38-26(29)30)23(33(34)2)21-18(27)12-17(37-3)13-19(21)28/h5-13,26H,4H2,1-3H3,(H,32,35). The monoisotopic (exact) mass is 530 g/mol. The average molecular weight is 530 g/mol. The van der Waals surface area contributed by atoms with Crippen LogP contribution >= 0.6 is 0 Å². The molecule has 0 aliphatic heterocycles. The molecule has 0 aliphatic carbocycles. The van der Waals surface area contributed by atoms with Gasteiger partial charge in [-0.15, -0.1) is 0 Å². The van der Waals surface area contributed by atoms with Crippen molar-refractivity contribution >= 4 is 11.6 Å². The van der Waals surface area contributed by atoms with Gasteiger partial charge in [-0.1, -0.05) is 13.0 Å². The molecule has 2 aromatic carbocycles. The molecule has 0 aliphatic rings. The number of nitrogens with one attached hydrogen (secondary N) is 1. The molecule has 0 bridgehead atoms. The number of carbonyl (C=O) groups excluding carboxylic acids is 1. The van der Waals surface area contributed by atoms with Crippen LogP contribution in [0.4, 0.5) is 23.2 Å². The minimum Gasteiger partial charge on any atom is -0.497 e. The number of aromatic nitrogens is 3. The van der Waals surface area contributed by atoms with Crippen LogP contribution < -0.4 is 20.3 Å². The molecule has 0 unspecified atom stereocenters. The third-order valence-corrected chi connectivity index (χ3v) is 5.71. The molecule has 12 heteroatoms. The van der Waals surface area contributed by atoms with Crippen molar-refractivity contribution in [2.75, 3.05) is 12.4 Å². The zero-order valence-electron chi connectivity index (χ0n) is 20.5. The number of amides is 1. The number of ether oxygens (including phenoxy) is 2. The molecule has 8 nitrogen and oxygen atoms in total. The first kappa shape index (κ1) is 26.5. The fourth-order valence-electron chi connectivity index (χ4n) is 3.91. The molecule has 4 aromatic rings. The van der Waals surface area contributed by atoms with Crippen molar-refractivity contribution in [3.8, 4) is 28.6 Å². The van der Waals surface area contributed by atoms with Crippen LogP contribution in [0.5, 0.6) is 11.5 Å². The molecule has 0 fully saturated rings. The fraction of sp³-hybridized carbons (Fsp3) is 0.192. The molecule has 2 aromatic heterocycles. The molecule has 38 heavy (non-hydrogen) atoms. The maximum absolute atomic E-state index is 15.2. The Hall–Kier alpha value is -4.61. The highest BCUT2D eigenvalue weighted by Crippen LogP contribution is 2.34. The van der Waals surface area contributed by atoms with Crippen molar-refractivity contribution in [1.29, 1.82) is 0 Å². The van der Waals surface area contributed by atoms with Gasteiger partial charge in [0, 0.05) is 30.4 Å². The predicted octanol–water partition coefficient (Wildman–Crippen LogP) is 4.94. The van der Waals surface area contributed by atoms with Gasteiger partial charge in [-0.25, -0.2) is 13.8 Å². The van der Waals surface area contributed by atoms with Crippen LogP contribution in [0.2, 0.25) is 0 Å². The van der Waals surface area contributed by atoms with E-state index in [9.17, 15) is 18.4 Å². The Balaban J connectivity index is 1.87. The van der Waals surface area contributed by atoms with Gasteiger partial charge in [-0.05, 0) is 42.8 Å². The van der Waals surface area contributed by atoms with E-state index in [1.54, 1.807) is 18.2 Å². The fourth-order valence-corrected chi connectivity index (χ4v) is 3.91. The van der Waals surface area contributed by atoms with Crippen molar-refractivity contribution < 1.29 is 31.8 Å². The molecule has 1 amide bonds. The summed E-state index contributed by atoms with van der Waals surface area (Å²) < 4.78 is 66.7. The van der Waals surface area contributed by atoms with E-state index in [0.29, 0.717) is 12.1 Å². The third-order valence-electron chi connectivity index (χ3n) is 5.71. The molecule has 2 heterocycles. The lowest BCUT2D eigenvalue weighted by Gasteiger charge is -2.13. The first-order chi connectivity index (χ1) is 18.1. The summed E-state index contributed by atoms with van der Waals surface area (Å²) in [6.45, 7) is -1.18. The highest BCUT2D eigenvalue weighted by molar-refractivity contribution is 6.06. The molecule has 0 spiro atoms. The van der Waals surface area contributed by atoms with Crippen LogP contribution in [0.15, 0.2) is 59.4 Å². The number of hydrogen-bond donors (Lipinski definition) is 1. The quantitative estimate of drug-likeness (QED) is 0.326. The van der Waals surface area contributed by atoms with Crippen molar-refractivity contribution in [3.63, 3.8) is 0 Å². The summed E-state index contributed by atoms with van der Waals surface area (Å²) in [5.74, 6) is -2.98. The van der Waals surface area contributed by atoms with Gasteiger partial charge < -0.3 is 14.8 Å².